The zero-order valence-corrected chi connectivity index (χ0v) is 10.3. The van der Waals surface area contributed by atoms with Gasteiger partial charge in [-0.25, -0.2) is 14.4 Å². The van der Waals surface area contributed by atoms with E-state index in [9.17, 15) is 9.18 Å². The fourth-order valence-corrected chi connectivity index (χ4v) is 1.69. The predicted octanol–water partition coefficient (Wildman–Crippen LogP) is 3.48. The average molecular weight is 286 g/mol. The van der Waals surface area contributed by atoms with Gasteiger partial charge in [-0.05, 0) is 18.2 Å². The number of carbonyl (C=O) groups excluding carboxylic acids is 1. The van der Waals surface area contributed by atoms with Crippen LogP contribution in [0, 0.1) is 5.82 Å². The minimum atomic E-state index is -0.457. The molecule has 1 heterocycles. The fourth-order valence-electron chi connectivity index (χ4n) is 1.30. The van der Waals surface area contributed by atoms with Gasteiger partial charge in [-0.1, -0.05) is 23.2 Å². The van der Waals surface area contributed by atoms with E-state index >= 15 is 0 Å². The van der Waals surface area contributed by atoms with Gasteiger partial charge in [0.2, 0.25) is 0 Å². The summed E-state index contributed by atoms with van der Waals surface area (Å²) >= 11 is 11.6. The summed E-state index contributed by atoms with van der Waals surface area (Å²) in [5.41, 5.74) is 0.524. The molecule has 0 aliphatic heterocycles. The SMILES string of the molecule is O=Cc1c(Cl)ncnc1Nc1ccc(F)cc1Cl. The Morgan fingerprint density at radius 3 is 2.72 bits per heavy atom. The van der Waals surface area contributed by atoms with Crippen molar-refractivity contribution in [1.29, 1.82) is 0 Å². The molecule has 0 atom stereocenters. The van der Waals surface area contributed by atoms with Gasteiger partial charge < -0.3 is 5.32 Å². The molecule has 0 bridgehead atoms. The summed E-state index contributed by atoms with van der Waals surface area (Å²) in [6, 6.07) is 3.81. The molecule has 0 spiro atoms. The van der Waals surface area contributed by atoms with Crippen LogP contribution in [-0.4, -0.2) is 16.3 Å². The first-order valence-corrected chi connectivity index (χ1v) is 5.55. The normalized spacial score (nSPS) is 10.2. The summed E-state index contributed by atoms with van der Waals surface area (Å²) in [4.78, 5) is 18.4. The standard InChI is InChI=1S/C11H6Cl2FN3O/c12-8-3-6(14)1-2-9(8)17-11-7(4-18)10(13)15-5-16-11/h1-5H,(H,15,16,17). The minimum Gasteiger partial charge on any atom is -0.338 e. The molecule has 0 radical (unpaired) electrons. The van der Waals surface area contributed by atoms with Crippen LogP contribution >= 0.6 is 23.2 Å². The van der Waals surface area contributed by atoms with Crippen molar-refractivity contribution in [2.75, 3.05) is 5.32 Å². The summed E-state index contributed by atoms with van der Waals surface area (Å²) in [5, 5.41) is 2.99. The molecular weight excluding hydrogens is 280 g/mol. The first-order valence-electron chi connectivity index (χ1n) is 4.79. The van der Waals surface area contributed by atoms with Crippen molar-refractivity contribution in [1.82, 2.24) is 9.97 Å². The van der Waals surface area contributed by atoms with Crippen molar-refractivity contribution in [3.05, 3.63) is 46.1 Å². The number of anilines is 2. The van der Waals surface area contributed by atoms with Crippen molar-refractivity contribution in [2.24, 2.45) is 0 Å². The molecule has 4 nitrogen and oxygen atoms in total. The van der Waals surface area contributed by atoms with Crippen molar-refractivity contribution in [3.63, 3.8) is 0 Å². The van der Waals surface area contributed by atoms with E-state index in [0.717, 1.165) is 6.07 Å². The maximum absolute atomic E-state index is 12.9. The van der Waals surface area contributed by atoms with Gasteiger partial charge in [0.05, 0.1) is 16.3 Å². The number of aromatic nitrogens is 2. The van der Waals surface area contributed by atoms with E-state index < -0.39 is 5.82 Å². The number of carbonyl (C=O) groups is 1. The summed E-state index contributed by atoms with van der Waals surface area (Å²) in [5.74, 6) is -0.250. The highest BCUT2D eigenvalue weighted by molar-refractivity contribution is 6.33. The Morgan fingerprint density at radius 1 is 1.28 bits per heavy atom. The molecule has 0 unspecified atom stereocenters. The quantitative estimate of drug-likeness (QED) is 0.693. The van der Waals surface area contributed by atoms with Gasteiger partial charge in [0, 0.05) is 0 Å². The van der Waals surface area contributed by atoms with E-state index in [4.69, 9.17) is 23.2 Å². The van der Waals surface area contributed by atoms with Gasteiger partial charge in [-0.3, -0.25) is 4.79 Å². The second-order valence-corrected chi connectivity index (χ2v) is 4.06. The maximum Gasteiger partial charge on any atom is 0.156 e. The van der Waals surface area contributed by atoms with Crippen LogP contribution in [0.15, 0.2) is 24.5 Å². The lowest BCUT2D eigenvalue weighted by atomic mass is 10.3. The van der Waals surface area contributed by atoms with Gasteiger partial charge in [-0.15, -0.1) is 0 Å². The van der Waals surface area contributed by atoms with Crippen LogP contribution in [0.1, 0.15) is 10.4 Å². The molecule has 7 heteroatoms. The highest BCUT2D eigenvalue weighted by Gasteiger charge is 2.10. The van der Waals surface area contributed by atoms with Gasteiger partial charge >= 0.3 is 0 Å². The molecule has 1 aromatic heterocycles. The molecule has 0 aliphatic rings. The molecule has 1 N–H and O–H groups in total. The molecule has 92 valence electrons. The van der Waals surface area contributed by atoms with Crippen molar-refractivity contribution >= 4 is 41.0 Å². The molecule has 0 fully saturated rings. The molecule has 1 aromatic carbocycles. The molecule has 0 saturated carbocycles. The minimum absolute atomic E-state index is 0.0285. The smallest absolute Gasteiger partial charge is 0.156 e. The number of benzene rings is 1. The number of aldehydes is 1. The largest absolute Gasteiger partial charge is 0.338 e. The van der Waals surface area contributed by atoms with E-state index in [1.165, 1.54) is 18.5 Å². The van der Waals surface area contributed by atoms with E-state index in [1.807, 2.05) is 0 Å². The Labute approximate surface area is 112 Å². The van der Waals surface area contributed by atoms with Gasteiger partial charge in [0.25, 0.3) is 0 Å². The lowest BCUT2D eigenvalue weighted by Gasteiger charge is -2.09. The Balaban J connectivity index is 2.40. The molecular formula is C11H6Cl2FN3O. The monoisotopic (exact) mass is 285 g/mol. The van der Waals surface area contributed by atoms with Gasteiger partial charge in [0.15, 0.2) is 6.29 Å². The highest BCUT2D eigenvalue weighted by Crippen LogP contribution is 2.27. The van der Waals surface area contributed by atoms with Gasteiger partial charge in [-0.2, -0.15) is 0 Å². The van der Waals surface area contributed by atoms with Crippen LogP contribution < -0.4 is 5.32 Å². The van der Waals surface area contributed by atoms with Crippen LogP contribution in [0.25, 0.3) is 0 Å². The Kier molecular flexibility index (Phi) is 3.74. The molecule has 0 saturated heterocycles. The molecule has 0 aliphatic carbocycles. The lowest BCUT2D eigenvalue weighted by molar-refractivity contribution is 0.112. The topological polar surface area (TPSA) is 54.9 Å². The highest BCUT2D eigenvalue weighted by atomic mass is 35.5. The zero-order chi connectivity index (χ0) is 13.1. The van der Waals surface area contributed by atoms with Crippen LogP contribution in [0.3, 0.4) is 0 Å². The van der Waals surface area contributed by atoms with Crippen LogP contribution in [-0.2, 0) is 0 Å². The van der Waals surface area contributed by atoms with Crippen molar-refractivity contribution in [2.45, 2.75) is 0 Å². The predicted molar refractivity (Wildman–Crippen MR) is 67.1 cm³/mol. The van der Waals surface area contributed by atoms with Crippen LogP contribution in [0.5, 0.6) is 0 Å². The maximum atomic E-state index is 12.9. The second kappa shape index (κ2) is 5.29. The zero-order valence-electron chi connectivity index (χ0n) is 8.82. The molecule has 0 amide bonds. The third kappa shape index (κ3) is 2.57. The van der Waals surface area contributed by atoms with E-state index in [1.54, 1.807) is 0 Å². The Morgan fingerprint density at radius 2 is 2.06 bits per heavy atom. The van der Waals surface area contributed by atoms with E-state index in [-0.39, 0.29) is 21.6 Å². The Hall–Kier alpha value is -1.72. The first-order chi connectivity index (χ1) is 8.61. The Bertz CT molecular complexity index is 607. The summed E-state index contributed by atoms with van der Waals surface area (Å²) in [6.45, 7) is 0. The average Bonchev–Trinajstić information content (AvgIpc) is 2.33. The third-order valence-electron chi connectivity index (χ3n) is 2.14. The van der Waals surface area contributed by atoms with Gasteiger partial charge in [0.1, 0.15) is 23.1 Å². The third-order valence-corrected chi connectivity index (χ3v) is 2.75. The van der Waals surface area contributed by atoms with E-state index in [2.05, 4.69) is 15.3 Å². The summed E-state index contributed by atoms with van der Waals surface area (Å²) in [6.07, 6.45) is 1.73. The summed E-state index contributed by atoms with van der Waals surface area (Å²) in [7, 11) is 0. The van der Waals surface area contributed by atoms with Crippen molar-refractivity contribution in [3.8, 4) is 0 Å². The molecule has 18 heavy (non-hydrogen) atoms. The second-order valence-electron chi connectivity index (χ2n) is 3.29. The molecule has 2 rings (SSSR count). The number of hydrogen-bond donors (Lipinski definition) is 1. The van der Waals surface area contributed by atoms with Crippen molar-refractivity contribution < 1.29 is 9.18 Å². The number of hydrogen-bond acceptors (Lipinski definition) is 4. The van der Waals surface area contributed by atoms with Crippen LogP contribution in [0.2, 0.25) is 10.2 Å². The van der Waals surface area contributed by atoms with Crippen LogP contribution in [0.4, 0.5) is 15.9 Å². The van der Waals surface area contributed by atoms with E-state index in [0.29, 0.717) is 12.0 Å². The first kappa shape index (κ1) is 12.7. The number of nitrogens with zero attached hydrogens (tertiary/aromatic N) is 2. The lowest BCUT2D eigenvalue weighted by Crippen LogP contribution is -2.01. The summed E-state index contributed by atoms with van der Waals surface area (Å²) < 4.78 is 12.9. The number of halogens is 3. The fraction of sp³-hybridized carbons (Fsp3) is 0. The molecule has 2 aromatic rings. The number of rotatable bonds is 3. The number of nitrogens with one attached hydrogen (secondary N) is 1.